The van der Waals surface area contributed by atoms with Crippen molar-refractivity contribution < 1.29 is 32.2 Å². The van der Waals surface area contributed by atoms with E-state index in [1.807, 2.05) is 27.7 Å². The number of hydrogen-bond donors (Lipinski definition) is 0. The molecule has 4 nitrogen and oxygen atoms in total. The molecule has 0 bridgehead atoms. The van der Waals surface area contributed by atoms with Crippen molar-refractivity contribution >= 4 is 11.9 Å². The molecule has 0 radical (unpaired) electrons. The van der Waals surface area contributed by atoms with Gasteiger partial charge in [-0.2, -0.15) is 13.2 Å². The molecule has 2 unspecified atom stereocenters. The van der Waals surface area contributed by atoms with Crippen LogP contribution in [0.5, 0.6) is 0 Å². The Hall–Kier alpha value is -1.79. The fraction of sp³-hybridized carbons (Fsp3) is 0.700. The van der Waals surface area contributed by atoms with Crippen LogP contribution in [0.2, 0.25) is 0 Å². The monoisotopic (exact) mass is 392 g/mol. The molecule has 0 heterocycles. The van der Waals surface area contributed by atoms with Gasteiger partial charge >= 0.3 is 18.1 Å². The number of ether oxygens (including phenoxy) is 2. The van der Waals surface area contributed by atoms with Crippen LogP contribution in [0.15, 0.2) is 22.3 Å². The Labute approximate surface area is 159 Å². The van der Waals surface area contributed by atoms with E-state index in [1.54, 1.807) is 20.8 Å². The number of alkyl halides is 3. The Morgan fingerprint density at radius 1 is 0.889 bits per heavy atom. The van der Waals surface area contributed by atoms with Crippen molar-refractivity contribution in [1.82, 2.24) is 0 Å². The maximum atomic E-state index is 12.2. The fourth-order valence-corrected chi connectivity index (χ4v) is 2.34. The van der Waals surface area contributed by atoms with Gasteiger partial charge in [0.25, 0.3) is 0 Å². The SMILES string of the molecule is CCC(CCCC(C)OC(=O)/C(C)=C(\C)C(C)=C(C)C)OC(=O)C(F)(F)F. The van der Waals surface area contributed by atoms with Crippen LogP contribution in [-0.4, -0.2) is 30.3 Å². The molecule has 0 spiro atoms. The van der Waals surface area contributed by atoms with E-state index in [1.165, 1.54) is 0 Å². The number of esters is 2. The van der Waals surface area contributed by atoms with E-state index in [-0.39, 0.29) is 12.5 Å². The van der Waals surface area contributed by atoms with E-state index in [4.69, 9.17) is 4.74 Å². The van der Waals surface area contributed by atoms with Crippen LogP contribution in [-0.2, 0) is 19.1 Å². The van der Waals surface area contributed by atoms with Crippen molar-refractivity contribution in [2.75, 3.05) is 0 Å². The summed E-state index contributed by atoms with van der Waals surface area (Å²) in [7, 11) is 0. The molecule has 156 valence electrons. The molecule has 0 N–H and O–H groups in total. The zero-order valence-electron chi connectivity index (χ0n) is 17.3. The molecule has 0 aromatic rings. The minimum atomic E-state index is -4.98. The van der Waals surface area contributed by atoms with Gasteiger partial charge in [-0.15, -0.1) is 0 Å². The molecular formula is C20H31F3O4. The normalized spacial score (nSPS) is 14.7. The minimum absolute atomic E-state index is 0.283. The molecule has 0 aromatic carbocycles. The first-order valence-electron chi connectivity index (χ1n) is 9.11. The van der Waals surface area contributed by atoms with E-state index in [2.05, 4.69) is 4.74 Å². The van der Waals surface area contributed by atoms with Gasteiger partial charge in [-0.05, 0) is 78.4 Å². The third-order valence-electron chi connectivity index (χ3n) is 4.59. The number of allylic oxidation sites excluding steroid dienone is 3. The number of rotatable bonds is 9. The summed E-state index contributed by atoms with van der Waals surface area (Å²) >= 11 is 0. The zero-order valence-corrected chi connectivity index (χ0v) is 17.3. The minimum Gasteiger partial charge on any atom is -0.459 e. The quantitative estimate of drug-likeness (QED) is 0.288. The van der Waals surface area contributed by atoms with Crippen molar-refractivity contribution in [3.8, 4) is 0 Å². The summed E-state index contributed by atoms with van der Waals surface area (Å²) < 4.78 is 46.6. The van der Waals surface area contributed by atoms with E-state index >= 15 is 0 Å². The Balaban J connectivity index is 4.57. The van der Waals surface area contributed by atoms with E-state index < -0.39 is 24.2 Å². The smallest absolute Gasteiger partial charge is 0.459 e. The van der Waals surface area contributed by atoms with Crippen LogP contribution in [0, 0.1) is 0 Å². The lowest BCUT2D eigenvalue weighted by atomic mass is 10.0. The first kappa shape index (κ1) is 25.2. The molecule has 0 rings (SSSR count). The highest BCUT2D eigenvalue weighted by Crippen LogP contribution is 2.21. The average molecular weight is 392 g/mol. The van der Waals surface area contributed by atoms with Crippen molar-refractivity contribution in [2.24, 2.45) is 0 Å². The standard InChI is InChI=1S/C20H31F3O4/c1-8-17(27-19(25)20(21,22)23)11-9-10-13(4)26-18(24)16(7)15(6)14(5)12(2)3/h13,17H,8-11H2,1-7H3/b16-15+. The first-order valence-corrected chi connectivity index (χ1v) is 9.11. The summed E-state index contributed by atoms with van der Waals surface area (Å²) in [6.07, 6.45) is -4.65. The largest absolute Gasteiger partial charge is 0.490 e. The van der Waals surface area contributed by atoms with Crippen LogP contribution < -0.4 is 0 Å². The van der Waals surface area contributed by atoms with Gasteiger partial charge in [0.2, 0.25) is 0 Å². The maximum absolute atomic E-state index is 12.2. The Morgan fingerprint density at radius 2 is 1.44 bits per heavy atom. The van der Waals surface area contributed by atoms with Gasteiger partial charge in [-0.3, -0.25) is 0 Å². The van der Waals surface area contributed by atoms with Crippen LogP contribution in [0.3, 0.4) is 0 Å². The lowest BCUT2D eigenvalue weighted by Crippen LogP contribution is -2.30. The van der Waals surface area contributed by atoms with Crippen LogP contribution in [0.4, 0.5) is 13.2 Å². The van der Waals surface area contributed by atoms with Crippen molar-refractivity contribution in [3.63, 3.8) is 0 Å². The summed E-state index contributed by atoms with van der Waals surface area (Å²) in [6.45, 7) is 12.8. The van der Waals surface area contributed by atoms with Gasteiger partial charge in [0.05, 0.1) is 6.10 Å². The average Bonchev–Trinajstić information content (AvgIpc) is 2.57. The molecule has 0 aliphatic heterocycles. The molecule has 0 amide bonds. The second-order valence-corrected chi connectivity index (χ2v) is 6.96. The lowest BCUT2D eigenvalue weighted by molar-refractivity contribution is -0.205. The number of halogens is 3. The predicted molar refractivity (Wildman–Crippen MR) is 98.1 cm³/mol. The molecule has 0 aliphatic carbocycles. The van der Waals surface area contributed by atoms with E-state index in [0.717, 1.165) is 16.7 Å². The molecule has 0 saturated carbocycles. The van der Waals surface area contributed by atoms with Crippen molar-refractivity contribution in [3.05, 3.63) is 22.3 Å². The lowest BCUT2D eigenvalue weighted by Gasteiger charge is -2.19. The van der Waals surface area contributed by atoms with E-state index in [9.17, 15) is 22.8 Å². The van der Waals surface area contributed by atoms with E-state index in [0.29, 0.717) is 24.8 Å². The zero-order chi connectivity index (χ0) is 21.4. The number of hydrogen-bond acceptors (Lipinski definition) is 4. The first-order chi connectivity index (χ1) is 12.3. The Kier molecular flexibility index (Phi) is 10.4. The van der Waals surface area contributed by atoms with Crippen LogP contribution in [0.25, 0.3) is 0 Å². The topological polar surface area (TPSA) is 52.6 Å². The predicted octanol–water partition coefficient (Wildman–Crippen LogP) is 5.67. The van der Waals surface area contributed by atoms with Gasteiger partial charge in [0, 0.05) is 5.57 Å². The highest BCUT2D eigenvalue weighted by molar-refractivity contribution is 5.89. The maximum Gasteiger partial charge on any atom is 0.490 e. The molecule has 0 aliphatic rings. The highest BCUT2D eigenvalue weighted by Gasteiger charge is 2.42. The third-order valence-corrected chi connectivity index (χ3v) is 4.59. The molecule has 7 heteroatoms. The second-order valence-electron chi connectivity index (χ2n) is 6.96. The number of carbonyl (C=O) groups is 2. The van der Waals surface area contributed by atoms with Gasteiger partial charge in [0.15, 0.2) is 0 Å². The summed E-state index contributed by atoms with van der Waals surface area (Å²) in [5.41, 5.74) is 3.56. The highest BCUT2D eigenvalue weighted by atomic mass is 19.4. The molecule has 2 atom stereocenters. The summed E-state index contributed by atoms with van der Waals surface area (Å²) in [6, 6.07) is 0. The summed E-state index contributed by atoms with van der Waals surface area (Å²) in [5, 5.41) is 0. The summed E-state index contributed by atoms with van der Waals surface area (Å²) in [5.74, 6) is -2.57. The fourth-order valence-electron chi connectivity index (χ4n) is 2.34. The van der Waals surface area contributed by atoms with Gasteiger partial charge in [-0.1, -0.05) is 12.5 Å². The van der Waals surface area contributed by atoms with Crippen LogP contribution in [0.1, 0.15) is 74.1 Å². The molecule has 0 fully saturated rings. The second kappa shape index (κ2) is 11.1. The molecule has 0 saturated heterocycles. The number of carbonyl (C=O) groups excluding carboxylic acids is 2. The molecular weight excluding hydrogens is 361 g/mol. The molecule has 0 aromatic heterocycles. The van der Waals surface area contributed by atoms with Crippen LogP contribution >= 0.6 is 0 Å². The Morgan fingerprint density at radius 3 is 1.89 bits per heavy atom. The van der Waals surface area contributed by atoms with Gasteiger partial charge in [-0.25, -0.2) is 9.59 Å². The van der Waals surface area contributed by atoms with Gasteiger partial charge in [0.1, 0.15) is 6.10 Å². The van der Waals surface area contributed by atoms with Crippen molar-refractivity contribution in [2.45, 2.75) is 92.5 Å². The third kappa shape index (κ3) is 9.11. The molecule has 27 heavy (non-hydrogen) atoms. The van der Waals surface area contributed by atoms with Gasteiger partial charge < -0.3 is 9.47 Å². The Bertz CT molecular complexity index is 585. The van der Waals surface area contributed by atoms with Crippen molar-refractivity contribution in [1.29, 1.82) is 0 Å². The summed E-state index contributed by atoms with van der Waals surface area (Å²) in [4.78, 5) is 23.1.